The minimum Gasteiger partial charge on any atom is -0.480 e. The van der Waals surface area contributed by atoms with Gasteiger partial charge in [-0.05, 0) is 35.6 Å². The molecule has 2 amide bonds. The molecule has 0 bridgehead atoms. The quantitative estimate of drug-likeness (QED) is 0.610. The molecule has 1 heterocycles. The Labute approximate surface area is 202 Å². The van der Waals surface area contributed by atoms with Crippen molar-refractivity contribution in [3.8, 4) is 11.1 Å². The molecule has 2 aromatic carbocycles. The topological polar surface area (TPSA) is 95.9 Å². The van der Waals surface area contributed by atoms with Crippen molar-refractivity contribution in [2.75, 3.05) is 19.7 Å². The number of fused-ring (bicyclic) bond motifs is 3. The van der Waals surface area contributed by atoms with Gasteiger partial charge >= 0.3 is 12.1 Å². The third-order valence-electron chi connectivity index (χ3n) is 7.08. The minimum atomic E-state index is -3.27. The van der Waals surface area contributed by atoms with Crippen LogP contribution in [-0.2, 0) is 14.3 Å². The summed E-state index contributed by atoms with van der Waals surface area (Å²) in [7, 11) is 0. The number of aliphatic carboxylic acids is 1. The van der Waals surface area contributed by atoms with Gasteiger partial charge < -0.3 is 20.1 Å². The molecule has 2 aliphatic rings. The number of halogens is 2. The predicted molar refractivity (Wildman–Crippen MR) is 124 cm³/mol. The summed E-state index contributed by atoms with van der Waals surface area (Å²) in [6.45, 7) is 2.17. The lowest BCUT2D eigenvalue weighted by Gasteiger charge is -2.33. The maximum atomic E-state index is 13.9. The summed E-state index contributed by atoms with van der Waals surface area (Å²) in [4.78, 5) is 37.8. The first-order chi connectivity index (χ1) is 16.6. The predicted octanol–water partition coefficient (Wildman–Crippen LogP) is 4.26. The number of nitrogens with one attached hydrogen (secondary N) is 1. The van der Waals surface area contributed by atoms with Crippen molar-refractivity contribution in [3.63, 3.8) is 0 Å². The van der Waals surface area contributed by atoms with E-state index in [4.69, 9.17) is 4.74 Å². The van der Waals surface area contributed by atoms with Gasteiger partial charge in [-0.25, -0.2) is 18.4 Å². The molecule has 9 heteroatoms. The van der Waals surface area contributed by atoms with Crippen LogP contribution in [-0.4, -0.2) is 59.6 Å². The molecule has 186 valence electrons. The van der Waals surface area contributed by atoms with Crippen LogP contribution in [0.1, 0.15) is 43.7 Å². The van der Waals surface area contributed by atoms with Gasteiger partial charge in [0, 0.05) is 18.9 Å². The smallest absolute Gasteiger partial charge is 0.407 e. The lowest BCUT2D eigenvalue weighted by Crippen LogP contribution is -2.51. The number of benzene rings is 2. The van der Waals surface area contributed by atoms with E-state index in [-0.39, 0.29) is 25.5 Å². The van der Waals surface area contributed by atoms with Crippen LogP contribution >= 0.6 is 0 Å². The van der Waals surface area contributed by atoms with Crippen LogP contribution in [0, 0.1) is 5.41 Å². The molecule has 0 saturated carbocycles. The summed E-state index contributed by atoms with van der Waals surface area (Å²) < 4.78 is 33.3. The number of nitrogens with zero attached hydrogens (tertiary/aromatic N) is 1. The van der Waals surface area contributed by atoms with Gasteiger partial charge in [0.2, 0.25) is 5.91 Å². The summed E-state index contributed by atoms with van der Waals surface area (Å²) in [5.41, 5.74) is 3.04. The lowest BCUT2D eigenvalue weighted by molar-refractivity contribution is -0.152. The maximum absolute atomic E-state index is 13.9. The van der Waals surface area contributed by atoms with E-state index in [9.17, 15) is 28.3 Å². The van der Waals surface area contributed by atoms with Crippen molar-refractivity contribution in [1.29, 1.82) is 0 Å². The maximum Gasteiger partial charge on any atom is 0.407 e. The SMILES string of the molecule is CCC(C)(CNC(=O)OCC1c2ccccc2-c2ccccc21)C(=O)N1CC(F)(F)C[C@@H]1C(=O)O. The first-order valence-electron chi connectivity index (χ1n) is 11.6. The molecular formula is C26H28F2N2O5. The number of carbonyl (C=O) groups is 3. The van der Waals surface area contributed by atoms with Gasteiger partial charge in [0.1, 0.15) is 12.6 Å². The molecule has 7 nitrogen and oxygen atoms in total. The Bertz CT molecular complexity index is 1110. The highest BCUT2D eigenvalue weighted by Crippen LogP contribution is 2.44. The molecule has 4 rings (SSSR count). The van der Waals surface area contributed by atoms with E-state index in [2.05, 4.69) is 5.32 Å². The van der Waals surface area contributed by atoms with Crippen molar-refractivity contribution in [2.45, 2.75) is 44.6 Å². The second-order valence-electron chi connectivity index (χ2n) is 9.44. The third kappa shape index (κ3) is 4.72. The number of rotatable bonds is 7. The molecule has 1 fully saturated rings. The summed E-state index contributed by atoms with van der Waals surface area (Å²) >= 11 is 0. The van der Waals surface area contributed by atoms with Gasteiger partial charge in [-0.15, -0.1) is 0 Å². The largest absolute Gasteiger partial charge is 0.480 e. The molecule has 1 aliphatic carbocycles. The number of likely N-dealkylation sites (tertiary alicyclic amines) is 1. The van der Waals surface area contributed by atoms with E-state index < -0.39 is 48.3 Å². The van der Waals surface area contributed by atoms with Crippen LogP contribution in [0.3, 0.4) is 0 Å². The van der Waals surface area contributed by atoms with E-state index >= 15 is 0 Å². The lowest BCUT2D eigenvalue weighted by atomic mass is 9.85. The Kier molecular flexibility index (Phi) is 6.53. The number of hydrogen-bond acceptors (Lipinski definition) is 4. The Morgan fingerprint density at radius 1 is 1.11 bits per heavy atom. The number of carbonyl (C=O) groups excluding carboxylic acids is 2. The van der Waals surface area contributed by atoms with Crippen LogP contribution < -0.4 is 5.32 Å². The summed E-state index contributed by atoms with van der Waals surface area (Å²) in [6, 6.07) is 14.2. The van der Waals surface area contributed by atoms with E-state index in [0.29, 0.717) is 4.90 Å². The number of carboxylic acids is 1. The molecule has 2 aromatic rings. The van der Waals surface area contributed by atoms with Gasteiger partial charge in [0.25, 0.3) is 5.92 Å². The highest BCUT2D eigenvalue weighted by atomic mass is 19.3. The van der Waals surface area contributed by atoms with Gasteiger partial charge in [0.05, 0.1) is 12.0 Å². The van der Waals surface area contributed by atoms with Gasteiger partial charge in [-0.3, -0.25) is 4.79 Å². The fourth-order valence-corrected chi connectivity index (χ4v) is 4.87. The highest BCUT2D eigenvalue weighted by Gasteiger charge is 2.53. The highest BCUT2D eigenvalue weighted by molar-refractivity contribution is 5.88. The van der Waals surface area contributed by atoms with Crippen LogP contribution in [0.4, 0.5) is 13.6 Å². The number of amides is 2. The Hall–Kier alpha value is -3.49. The number of alkyl carbamates (subject to hydrolysis) is 1. The average molecular weight is 487 g/mol. The van der Waals surface area contributed by atoms with Crippen molar-refractivity contribution in [2.24, 2.45) is 5.41 Å². The Morgan fingerprint density at radius 3 is 2.23 bits per heavy atom. The number of hydrogen-bond donors (Lipinski definition) is 2. The fourth-order valence-electron chi connectivity index (χ4n) is 4.87. The molecule has 0 aromatic heterocycles. The second-order valence-corrected chi connectivity index (χ2v) is 9.44. The van der Waals surface area contributed by atoms with Crippen LogP contribution in [0.15, 0.2) is 48.5 Å². The number of alkyl halides is 2. The van der Waals surface area contributed by atoms with Crippen molar-refractivity contribution in [3.05, 3.63) is 59.7 Å². The van der Waals surface area contributed by atoms with Gasteiger partial charge in [0.15, 0.2) is 0 Å². The zero-order valence-electron chi connectivity index (χ0n) is 19.6. The van der Waals surface area contributed by atoms with E-state index in [1.807, 2.05) is 48.5 Å². The zero-order chi connectivity index (χ0) is 25.4. The van der Waals surface area contributed by atoms with E-state index in [1.165, 1.54) is 6.92 Å². The van der Waals surface area contributed by atoms with Crippen LogP contribution in [0.25, 0.3) is 11.1 Å². The molecule has 1 saturated heterocycles. The summed E-state index contributed by atoms with van der Waals surface area (Å²) in [5, 5.41) is 11.9. The van der Waals surface area contributed by atoms with Gasteiger partial charge in [-0.2, -0.15) is 0 Å². The molecule has 2 N–H and O–H groups in total. The van der Waals surface area contributed by atoms with Crippen molar-refractivity contribution < 1.29 is 33.0 Å². The molecular weight excluding hydrogens is 458 g/mol. The first-order valence-corrected chi connectivity index (χ1v) is 11.6. The van der Waals surface area contributed by atoms with Crippen LogP contribution in [0.5, 0.6) is 0 Å². The molecule has 1 unspecified atom stereocenters. The normalized spacial score (nSPS) is 20.0. The monoisotopic (exact) mass is 486 g/mol. The summed E-state index contributed by atoms with van der Waals surface area (Å²) in [5.74, 6) is -5.61. The second kappa shape index (κ2) is 9.28. The number of ether oxygens (including phenoxy) is 1. The molecule has 2 atom stereocenters. The van der Waals surface area contributed by atoms with Crippen LogP contribution in [0.2, 0.25) is 0 Å². The first kappa shape index (κ1) is 24.6. The molecule has 0 spiro atoms. The van der Waals surface area contributed by atoms with Crippen molar-refractivity contribution >= 4 is 18.0 Å². The third-order valence-corrected chi connectivity index (χ3v) is 7.08. The average Bonchev–Trinajstić information content (AvgIpc) is 3.35. The van der Waals surface area contributed by atoms with E-state index in [1.54, 1.807) is 6.92 Å². The number of carboxylic acid groups (broad SMARTS) is 1. The molecule has 0 radical (unpaired) electrons. The van der Waals surface area contributed by atoms with E-state index in [0.717, 1.165) is 22.3 Å². The fraction of sp³-hybridized carbons (Fsp3) is 0.423. The molecule has 35 heavy (non-hydrogen) atoms. The Balaban J connectivity index is 1.40. The molecule has 1 aliphatic heterocycles. The standard InChI is InChI=1S/C26H28F2N2O5/c1-3-25(2,23(33)30-15-26(27,28)12-21(30)22(31)32)14-29-24(34)35-13-20-18-10-6-4-8-16(18)17-9-5-7-11-19(17)20/h4-11,20-21H,3,12-15H2,1-2H3,(H,29,34)(H,31,32)/t21-,25?/m1/s1. The zero-order valence-corrected chi connectivity index (χ0v) is 19.6. The minimum absolute atomic E-state index is 0.0933. The Morgan fingerprint density at radius 2 is 1.69 bits per heavy atom. The summed E-state index contributed by atoms with van der Waals surface area (Å²) in [6.07, 6.45) is -1.45. The van der Waals surface area contributed by atoms with Crippen molar-refractivity contribution in [1.82, 2.24) is 10.2 Å². The van der Waals surface area contributed by atoms with Gasteiger partial charge in [-0.1, -0.05) is 55.5 Å².